The molecule has 122 valence electrons. The summed E-state index contributed by atoms with van der Waals surface area (Å²) in [7, 11) is 1.77. The lowest BCUT2D eigenvalue weighted by Crippen LogP contribution is -2.30. The van der Waals surface area contributed by atoms with Gasteiger partial charge in [-0.15, -0.1) is 0 Å². The molecule has 7 nitrogen and oxygen atoms in total. The van der Waals surface area contributed by atoms with Crippen molar-refractivity contribution >= 4 is 45.9 Å². The molecule has 2 aromatic heterocycles. The van der Waals surface area contributed by atoms with Gasteiger partial charge < -0.3 is 16.0 Å². The van der Waals surface area contributed by atoms with E-state index in [1.54, 1.807) is 48.3 Å². The Morgan fingerprint density at radius 3 is 2.92 bits per heavy atom. The number of nitrogen functional groups attached to an aromatic ring is 1. The zero-order valence-corrected chi connectivity index (χ0v) is 13.7. The minimum absolute atomic E-state index is 0.114. The van der Waals surface area contributed by atoms with Crippen LogP contribution in [0.4, 0.5) is 17.3 Å². The summed E-state index contributed by atoms with van der Waals surface area (Å²) < 4.78 is 0. The summed E-state index contributed by atoms with van der Waals surface area (Å²) in [5, 5.41) is 4.08. The van der Waals surface area contributed by atoms with E-state index in [1.165, 1.54) is 6.33 Å². The van der Waals surface area contributed by atoms with Crippen LogP contribution in [0.1, 0.15) is 0 Å². The Hall–Kier alpha value is -2.93. The largest absolute Gasteiger partial charge is 0.384 e. The number of halogens is 1. The van der Waals surface area contributed by atoms with Crippen LogP contribution in [0.15, 0.2) is 42.7 Å². The molecule has 1 amide bonds. The zero-order chi connectivity index (χ0) is 17.1. The van der Waals surface area contributed by atoms with E-state index in [2.05, 4.69) is 20.3 Å². The Labute approximate surface area is 143 Å². The maximum Gasteiger partial charge on any atom is 0.243 e. The van der Waals surface area contributed by atoms with E-state index in [9.17, 15) is 4.79 Å². The summed E-state index contributed by atoms with van der Waals surface area (Å²) in [5.41, 5.74) is 6.80. The number of hydrogen-bond acceptors (Lipinski definition) is 6. The van der Waals surface area contributed by atoms with Gasteiger partial charge in [0.2, 0.25) is 5.91 Å². The third-order valence-electron chi connectivity index (χ3n) is 3.35. The van der Waals surface area contributed by atoms with E-state index < -0.39 is 0 Å². The van der Waals surface area contributed by atoms with Gasteiger partial charge in [0.15, 0.2) is 5.65 Å². The van der Waals surface area contributed by atoms with Gasteiger partial charge in [0.05, 0.1) is 11.9 Å². The number of nitrogens with one attached hydrogen (secondary N) is 1. The predicted octanol–water partition coefficient (Wildman–Crippen LogP) is 2.34. The van der Waals surface area contributed by atoms with Crippen LogP contribution >= 0.6 is 11.6 Å². The maximum absolute atomic E-state index is 12.2. The molecule has 0 saturated carbocycles. The standard InChI is InChI=1S/C16H15ClN6O/c1-23(8-14(24)21-11-4-2-3-10(17)7-11)16-12-5-6-13(18)22-15(12)19-9-20-16/h2-7,9H,8H2,1H3,(H,21,24)(H2,18,19,20,22). The average Bonchev–Trinajstić information content (AvgIpc) is 2.53. The van der Waals surface area contributed by atoms with E-state index in [0.29, 0.717) is 28.0 Å². The highest BCUT2D eigenvalue weighted by Gasteiger charge is 2.13. The second-order valence-corrected chi connectivity index (χ2v) is 5.66. The first-order valence-electron chi connectivity index (χ1n) is 7.17. The molecule has 0 aliphatic carbocycles. The number of carbonyl (C=O) groups excluding carboxylic acids is 1. The molecule has 0 atom stereocenters. The molecule has 3 aromatic rings. The van der Waals surface area contributed by atoms with Crippen LogP contribution in [0.3, 0.4) is 0 Å². The highest BCUT2D eigenvalue weighted by Crippen LogP contribution is 2.21. The molecular weight excluding hydrogens is 328 g/mol. The van der Waals surface area contributed by atoms with Crippen LogP contribution in [-0.4, -0.2) is 34.5 Å². The average molecular weight is 343 g/mol. The van der Waals surface area contributed by atoms with E-state index in [-0.39, 0.29) is 12.5 Å². The lowest BCUT2D eigenvalue weighted by atomic mass is 10.3. The normalized spacial score (nSPS) is 10.6. The molecule has 0 fully saturated rings. The van der Waals surface area contributed by atoms with E-state index in [1.807, 2.05) is 0 Å². The molecule has 0 aliphatic heterocycles. The first kappa shape index (κ1) is 15.9. The minimum atomic E-state index is -0.185. The quantitative estimate of drug-likeness (QED) is 0.755. The number of anilines is 3. The van der Waals surface area contributed by atoms with Gasteiger partial charge in [-0.05, 0) is 30.3 Å². The molecule has 0 spiro atoms. The van der Waals surface area contributed by atoms with Crippen LogP contribution in [0.5, 0.6) is 0 Å². The number of aromatic nitrogens is 3. The third-order valence-corrected chi connectivity index (χ3v) is 3.58. The number of amides is 1. The van der Waals surface area contributed by atoms with Crippen molar-refractivity contribution in [2.24, 2.45) is 0 Å². The molecular formula is C16H15ClN6O. The van der Waals surface area contributed by atoms with Crippen molar-refractivity contribution < 1.29 is 4.79 Å². The number of hydrogen-bond donors (Lipinski definition) is 2. The van der Waals surface area contributed by atoms with Crippen LogP contribution in [0.25, 0.3) is 11.0 Å². The molecule has 0 aliphatic rings. The second-order valence-electron chi connectivity index (χ2n) is 5.22. The Balaban J connectivity index is 1.77. The Morgan fingerprint density at radius 2 is 2.12 bits per heavy atom. The Bertz CT molecular complexity index is 901. The molecule has 3 rings (SSSR count). The van der Waals surface area contributed by atoms with Crippen molar-refractivity contribution in [1.82, 2.24) is 15.0 Å². The van der Waals surface area contributed by atoms with Gasteiger partial charge in [0.25, 0.3) is 0 Å². The fourth-order valence-corrected chi connectivity index (χ4v) is 2.50. The fraction of sp³-hybridized carbons (Fsp3) is 0.125. The number of benzene rings is 1. The van der Waals surface area contributed by atoms with Gasteiger partial charge >= 0.3 is 0 Å². The van der Waals surface area contributed by atoms with Crippen LogP contribution in [0, 0.1) is 0 Å². The predicted molar refractivity (Wildman–Crippen MR) is 95.1 cm³/mol. The second kappa shape index (κ2) is 6.67. The SMILES string of the molecule is CN(CC(=O)Nc1cccc(Cl)c1)c1ncnc2nc(N)ccc12. The molecule has 2 heterocycles. The topological polar surface area (TPSA) is 97.0 Å². The van der Waals surface area contributed by atoms with E-state index in [4.69, 9.17) is 17.3 Å². The summed E-state index contributed by atoms with van der Waals surface area (Å²) in [5.74, 6) is 0.803. The number of pyridine rings is 1. The smallest absolute Gasteiger partial charge is 0.243 e. The summed E-state index contributed by atoms with van der Waals surface area (Å²) in [4.78, 5) is 26.4. The monoisotopic (exact) mass is 342 g/mol. The third kappa shape index (κ3) is 3.52. The Morgan fingerprint density at radius 1 is 1.29 bits per heavy atom. The van der Waals surface area contributed by atoms with Crippen molar-refractivity contribution in [2.45, 2.75) is 0 Å². The van der Waals surface area contributed by atoms with Crippen molar-refractivity contribution in [3.63, 3.8) is 0 Å². The molecule has 0 radical (unpaired) electrons. The van der Waals surface area contributed by atoms with Crippen LogP contribution in [0.2, 0.25) is 5.02 Å². The number of nitrogens with two attached hydrogens (primary N) is 1. The molecule has 0 bridgehead atoms. The van der Waals surface area contributed by atoms with Gasteiger partial charge in [-0.2, -0.15) is 0 Å². The summed E-state index contributed by atoms with van der Waals surface area (Å²) in [6.07, 6.45) is 1.40. The summed E-state index contributed by atoms with van der Waals surface area (Å²) in [6.45, 7) is 0.114. The highest BCUT2D eigenvalue weighted by atomic mass is 35.5. The first-order chi connectivity index (χ1) is 11.5. The van der Waals surface area contributed by atoms with Crippen molar-refractivity contribution in [2.75, 3.05) is 29.5 Å². The highest BCUT2D eigenvalue weighted by molar-refractivity contribution is 6.30. The van der Waals surface area contributed by atoms with Crippen molar-refractivity contribution in [3.05, 3.63) is 47.7 Å². The number of fused-ring (bicyclic) bond motifs is 1. The number of likely N-dealkylation sites (N-methyl/N-ethyl adjacent to an activating group) is 1. The lowest BCUT2D eigenvalue weighted by Gasteiger charge is -2.19. The molecule has 0 unspecified atom stereocenters. The number of nitrogens with zero attached hydrogens (tertiary/aromatic N) is 4. The van der Waals surface area contributed by atoms with Gasteiger partial charge in [0.1, 0.15) is 18.0 Å². The van der Waals surface area contributed by atoms with E-state index >= 15 is 0 Å². The maximum atomic E-state index is 12.2. The summed E-state index contributed by atoms with van der Waals surface area (Å²) in [6, 6.07) is 10.4. The van der Waals surface area contributed by atoms with Crippen LogP contribution in [-0.2, 0) is 4.79 Å². The molecule has 8 heteroatoms. The zero-order valence-electron chi connectivity index (χ0n) is 12.9. The van der Waals surface area contributed by atoms with Gasteiger partial charge in [0, 0.05) is 17.8 Å². The van der Waals surface area contributed by atoms with Gasteiger partial charge in [-0.25, -0.2) is 15.0 Å². The van der Waals surface area contributed by atoms with Crippen molar-refractivity contribution in [3.8, 4) is 0 Å². The van der Waals surface area contributed by atoms with Gasteiger partial charge in [-0.3, -0.25) is 4.79 Å². The Kier molecular flexibility index (Phi) is 4.43. The van der Waals surface area contributed by atoms with Gasteiger partial charge in [-0.1, -0.05) is 17.7 Å². The molecule has 3 N–H and O–H groups in total. The fourth-order valence-electron chi connectivity index (χ4n) is 2.30. The molecule has 24 heavy (non-hydrogen) atoms. The summed E-state index contributed by atoms with van der Waals surface area (Å²) >= 11 is 5.91. The minimum Gasteiger partial charge on any atom is -0.384 e. The molecule has 0 saturated heterocycles. The lowest BCUT2D eigenvalue weighted by molar-refractivity contribution is -0.114. The van der Waals surface area contributed by atoms with E-state index in [0.717, 1.165) is 5.39 Å². The molecule has 1 aromatic carbocycles. The first-order valence-corrected chi connectivity index (χ1v) is 7.54. The number of rotatable bonds is 4. The van der Waals surface area contributed by atoms with Crippen LogP contribution < -0.4 is 16.0 Å². The van der Waals surface area contributed by atoms with Crippen molar-refractivity contribution in [1.29, 1.82) is 0 Å². The number of carbonyl (C=O) groups is 1.